The number of nitrogens with zero attached hydrogens (tertiary/aromatic N) is 1. The van der Waals surface area contributed by atoms with Crippen molar-refractivity contribution in [1.82, 2.24) is 52.8 Å². The van der Waals surface area contributed by atoms with Crippen molar-refractivity contribution < 1.29 is 73.2 Å². The number of aromatic amines is 1. The average Bonchev–Trinajstić information content (AvgIpc) is 3.07. The fourth-order valence-corrected chi connectivity index (χ4v) is 8.89. The summed E-state index contributed by atoms with van der Waals surface area (Å²) in [5.41, 5.74) is 24.0. The van der Waals surface area contributed by atoms with Crippen LogP contribution in [0.1, 0.15) is 105 Å². The van der Waals surface area contributed by atoms with Crippen LogP contribution in [-0.4, -0.2) is 188 Å². The smallest absolute Gasteiger partial charge is 0.327 e. The number of hydrogen-bond acceptors (Lipinski definition) is 17. The van der Waals surface area contributed by atoms with Crippen molar-refractivity contribution in [1.29, 1.82) is 0 Å². The minimum Gasteiger partial charge on any atom is -0.481 e. The van der Waals surface area contributed by atoms with Crippen molar-refractivity contribution >= 4 is 94.6 Å². The van der Waals surface area contributed by atoms with Crippen LogP contribution in [0.4, 0.5) is 0 Å². The minimum atomic E-state index is -1.83. The van der Waals surface area contributed by atoms with E-state index in [0.717, 1.165) is 6.92 Å². The summed E-state index contributed by atoms with van der Waals surface area (Å²) in [5, 5.41) is 63.3. The zero-order valence-electron chi connectivity index (χ0n) is 49.1. The summed E-state index contributed by atoms with van der Waals surface area (Å²) in [5.74, 6) is -13.1. The molecule has 22 N–H and O–H groups in total. The lowest BCUT2D eigenvalue weighted by Crippen LogP contribution is -2.62. The number of nitrogens with one attached hydrogen (secondary N) is 10. The van der Waals surface area contributed by atoms with Gasteiger partial charge in [-0.15, -0.1) is 0 Å². The zero-order valence-corrected chi connectivity index (χ0v) is 50.0. The highest BCUT2D eigenvalue weighted by Crippen LogP contribution is 2.20. The summed E-state index contributed by atoms with van der Waals surface area (Å²) in [6.07, 6.45) is -0.963. The van der Waals surface area contributed by atoms with Crippen molar-refractivity contribution in [3.8, 4) is 0 Å². The summed E-state index contributed by atoms with van der Waals surface area (Å²) in [6.45, 7) is 10.3. The number of aliphatic carboxylic acids is 2. The highest BCUT2D eigenvalue weighted by Gasteiger charge is 2.37. The van der Waals surface area contributed by atoms with Gasteiger partial charge in [-0.3, -0.25) is 52.9 Å². The first-order chi connectivity index (χ1) is 39.9. The summed E-state index contributed by atoms with van der Waals surface area (Å²) < 4.78 is 0. The van der Waals surface area contributed by atoms with Gasteiger partial charge in [-0.2, -0.15) is 12.6 Å². The molecule has 9 amide bonds. The molecule has 0 aliphatic rings. The molecule has 85 heavy (non-hydrogen) atoms. The molecule has 1 aromatic heterocycles. The number of H-pyrrole nitrogens is 1. The van der Waals surface area contributed by atoms with Crippen LogP contribution in [-0.2, 0) is 59.2 Å². The lowest BCUT2D eigenvalue weighted by atomic mass is 9.99. The fraction of sp³-hybridized carbons (Fsp3) is 0.630. The van der Waals surface area contributed by atoms with Gasteiger partial charge in [0, 0.05) is 42.2 Å². The van der Waals surface area contributed by atoms with Crippen LogP contribution in [0, 0.1) is 17.8 Å². The number of aliphatic imine (C=N–C) groups is 1. The molecule has 0 bridgehead atoms. The number of carboxylic acids is 2. The molecule has 0 aliphatic carbocycles. The topological polar surface area (TPSA) is 509 Å². The maximum Gasteiger partial charge on any atom is 0.327 e. The second kappa shape index (κ2) is 37.0. The first-order valence-electron chi connectivity index (χ1n) is 28.1. The van der Waals surface area contributed by atoms with Gasteiger partial charge >= 0.3 is 11.9 Å². The van der Waals surface area contributed by atoms with Gasteiger partial charge in [0.15, 0.2) is 5.96 Å². The number of para-hydroxylation sites is 1. The summed E-state index contributed by atoms with van der Waals surface area (Å²) in [7, 11) is 0. The number of aliphatic hydroxyl groups excluding tert-OH is 2. The third kappa shape index (κ3) is 25.3. The predicted octanol–water partition coefficient (Wildman–Crippen LogP) is -3.81. The Balaban J connectivity index is 2.50. The second-order valence-electron chi connectivity index (χ2n) is 21.7. The van der Waals surface area contributed by atoms with Crippen molar-refractivity contribution in [2.45, 2.75) is 173 Å². The van der Waals surface area contributed by atoms with Gasteiger partial charge in [-0.05, 0) is 87.8 Å². The molecule has 0 aliphatic heterocycles. The molecule has 0 saturated heterocycles. The van der Waals surface area contributed by atoms with Crippen LogP contribution >= 0.6 is 12.6 Å². The molecule has 1 aromatic carbocycles. The fourth-order valence-electron chi connectivity index (χ4n) is 8.64. The molecule has 30 nitrogen and oxygen atoms in total. The Morgan fingerprint density at radius 1 is 0.588 bits per heavy atom. The monoisotopic (exact) mass is 1220 g/mol. The van der Waals surface area contributed by atoms with E-state index < -0.39 is 163 Å². The molecule has 0 radical (unpaired) electrons. The van der Waals surface area contributed by atoms with Crippen molar-refractivity contribution in [2.24, 2.45) is 45.7 Å². The molecule has 476 valence electrons. The van der Waals surface area contributed by atoms with E-state index in [2.05, 4.69) is 70.5 Å². The van der Waals surface area contributed by atoms with E-state index in [1.807, 2.05) is 13.8 Å². The van der Waals surface area contributed by atoms with Crippen molar-refractivity contribution in [3.05, 3.63) is 36.0 Å². The quantitative estimate of drug-likeness (QED) is 0.0132. The van der Waals surface area contributed by atoms with Gasteiger partial charge in [0.25, 0.3) is 0 Å². The maximum atomic E-state index is 14.5. The highest BCUT2D eigenvalue weighted by atomic mass is 32.1. The number of carbonyl (C=O) groups is 11. The molecule has 11 atom stereocenters. The van der Waals surface area contributed by atoms with Gasteiger partial charge in [0.05, 0.1) is 18.8 Å². The number of rotatable bonds is 39. The Hall–Kier alpha value is -7.61. The molecule has 0 unspecified atom stereocenters. The lowest BCUT2D eigenvalue weighted by molar-refractivity contribution is -0.142. The van der Waals surface area contributed by atoms with E-state index in [1.165, 1.54) is 0 Å². The zero-order chi connectivity index (χ0) is 64.2. The van der Waals surface area contributed by atoms with Crippen LogP contribution in [0.25, 0.3) is 10.9 Å². The van der Waals surface area contributed by atoms with Gasteiger partial charge in [0.1, 0.15) is 54.4 Å². The molecule has 2 aromatic rings. The van der Waals surface area contributed by atoms with E-state index in [-0.39, 0.29) is 62.8 Å². The number of hydrogen-bond donors (Lipinski definition) is 19. The van der Waals surface area contributed by atoms with Gasteiger partial charge in [0.2, 0.25) is 53.2 Å². The normalized spacial score (nSPS) is 15.2. The van der Waals surface area contributed by atoms with Crippen LogP contribution in [0.2, 0.25) is 0 Å². The number of carbonyl (C=O) groups excluding carboxylic acids is 9. The number of fused-ring (bicyclic) bond motifs is 1. The molecule has 0 saturated carbocycles. The van der Waals surface area contributed by atoms with Crippen LogP contribution in [0.15, 0.2) is 35.5 Å². The number of benzene rings is 1. The van der Waals surface area contributed by atoms with E-state index >= 15 is 0 Å². The van der Waals surface area contributed by atoms with Gasteiger partial charge < -0.3 is 96.2 Å². The van der Waals surface area contributed by atoms with Crippen molar-refractivity contribution in [2.75, 3.05) is 25.4 Å². The maximum absolute atomic E-state index is 14.5. The molecular weight excluding hydrogens is 1130 g/mol. The van der Waals surface area contributed by atoms with Gasteiger partial charge in [-0.1, -0.05) is 59.7 Å². The Bertz CT molecular complexity index is 2610. The van der Waals surface area contributed by atoms with E-state index in [0.29, 0.717) is 29.3 Å². The van der Waals surface area contributed by atoms with Crippen LogP contribution in [0.5, 0.6) is 0 Å². The highest BCUT2D eigenvalue weighted by molar-refractivity contribution is 7.80. The van der Waals surface area contributed by atoms with E-state index in [1.54, 1.807) is 58.2 Å². The standard InChI is InChI=1S/C54H89N15O15S/c1-26(2)21-32(56)44(74)67-42(28(5)6)51(81)69-43(29(7)71)52(82)63-36(17-18-40(72)73)47(77)61-34(15-10-11-19-55)46(76)65-38(24-70)49(79)62-35(16-12-20-59-54(57)58)45(75)64-37(22-30-23-60-33-14-9-8-13-31(30)33)48(78)68-41(27(3)4)50(80)66-39(25-85)53(83)84/h8-9,13-14,23,26-29,32,34-39,41-43,60,70-71,85H,10-12,15-22,24-25,55-56H2,1-7H3,(H,61,77)(H,62,79)(H,63,82)(H,64,75)(H,65,76)(H,66,80)(H,67,74)(H,68,78)(H,69,81)(H,72,73)(H,83,84)(H4,57,58,59)/t29-,32+,34+,35+,36+,37+,38+,39+,41+,42+,43+/m1/s1. The minimum absolute atomic E-state index is 0.0425. The molecule has 0 spiro atoms. The Labute approximate surface area is 498 Å². The lowest BCUT2D eigenvalue weighted by Gasteiger charge is -2.29. The third-order valence-electron chi connectivity index (χ3n) is 13.4. The molecule has 31 heteroatoms. The second-order valence-corrected chi connectivity index (χ2v) is 22.1. The average molecular weight is 1220 g/mol. The number of guanidine groups is 1. The first kappa shape index (κ1) is 73.5. The van der Waals surface area contributed by atoms with Gasteiger partial charge in [-0.25, -0.2) is 4.79 Å². The number of aliphatic hydroxyl groups is 2. The number of unbranched alkanes of at least 4 members (excludes halogenated alkanes) is 1. The summed E-state index contributed by atoms with van der Waals surface area (Å²) in [6, 6.07) is -7.73. The number of aromatic nitrogens is 1. The molecule has 1 heterocycles. The summed E-state index contributed by atoms with van der Waals surface area (Å²) in [4.78, 5) is 155. The molecular formula is C54H89N15O15S. The predicted molar refractivity (Wildman–Crippen MR) is 316 cm³/mol. The summed E-state index contributed by atoms with van der Waals surface area (Å²) >= 11 is 4.00. The Kier molecular flexibility index (Phi) is 32.0. The number of carboxylic acid groups (broad SMARTS) is 2. The molecule has 2 rings (SSSR count). The van der Waals surface area contributed by atoms with E-state index in [9.17, 15) is 73.2 Å². The Morgan fingerprint density at radius 2 is 1.05 bits per heavy atom. The third-order valence-corrected chi connectivity index (χ3v) is 13.8. The molecule has 0 fully saturated rings. The number of nitrogens with two attached hydrogens (primary N) is 4. The number of amides is 9. The van der Waals surface area contributed by atoms with Crippen LogP contribution in [0.3, 0.4) is 0 Å². The van der Waals surface area contributed by atoms with Crippen molar-refractivity contribution in [3.63, 3.8) is 0 Å². The van der Waals surface area contributed by atoms with E-state index in [4.69, 9.17) is 22.9 Å². The SMILES string of the molecule is CC(C)C[C@H](N)C(=O)N[C@H](C(=O)N[C@H](C(=O)N[C@@H](CCC(=O)O)C(=O)N[C@@H](CCCCN)C(=O)N[C@@H](CO)C(=O)N[C@@H](CCCN=C(N)N)C(=O)N[C@@H](Cc1c[nH]c2ccccc12)C(=O)N[C@H](C(=O)N[C@@H](CS)C(=O)O)C(C)C)[C@@H](C)O)C(C)C. The number of thiol groups is 1. The first-order valence-corrected chi connectivity index (χ1v) is 28.7. The Morgan fingerprint density at radius 3 is 1.55 bits per heavy atom. The largest absolute Gasteiger partial charge is 0.481 e. The van der Waals surface area contributed by atoms with Crippen LogP contribution < -0.4 is 70.8 Å².